The van der Waals surface area contributed by atoms with Crippen LogP contribution in [0, 0.1) is 0 Å². The molecule has 0 spiro atoms. The van der Waals surface area contributed by atoms with Gasteiger partial charge in [-0.2, -0.15) is 0 Å². The maximum Gasteiger partial charge on any atom is 0.340 e. The van der Waals surface area contributed by atoms with Crippen molar-refractivity contribution in [1.29, 1.82) is 0 Å². The Morgan fingerprint density at radius 2 is 1.84 bits per heavy atom. The van der Waals surface area contributed by atoms with E-state index in [2.05, 4.69) is 9.71 Å². The Bertz CT molecular complexity index is 1010. The first-order chi connectivity index (χ1) is 14.9. The number of sulfonamides is 1. The molecule has 0 saturated carbocycles. The molecule has 1 amide bonds. The summed E-state index contributed by atoms with van der Waals surface area (Å²) >= 11 is 0. The fourth-order valence-corrected chi connectivity index (χ4v) is 3.71. The molecular weight excluding hydrogens is 426 g/mol. The lowest BCUT2D eigenvalue weighted by Crippen LogP contribution is -2.37. The lowest BCUT2D eigenvalue weighted by Gasteiger charge is -2.26. The third-order valence-corrected chi connectivity index (χ3v) is 5.39. The molecule has 0 bridgehead atoms. The predicted octanol–water partition coefficient (Wildman–Crippen LogP) is 0.621. The van der Waals surface area contributed by atoms with Crippen LogP contribution in [0.2, 0.25) is 0 Å². The third-order valence-electron chi connectivity index (χ3n) is 4.22. The van der Waals surface area contributed by atoms with Crippen LogP contribution >= 0.6 is 0 Å². The van der Waals surface area contributed by atoms with E-state index in [-0.39, 0.29) is 36.9 Å². The van der Waals surface area contributed by atoms with Gasteiger partial charge in [0.15, 0.2) is 6.61 Å². The summed E-state index contributed by atoms with van der Waals surface area (Å²) < 4.78 is 42.5. The number of hydrogen-bond donors (Lipinski definition) is 1. The number of esters is 1. The molecule has 10 nitrogen and oxygen atoms in total. The number of amidine groups is 1. The molecule has 11 heteroatoms. The van der Waals surface area contributed by atoms with E-state index in [9.17, 15) is 18.0 Å². The number of nitrogens with one attached hydrogen (secondary N) is 1. The molecule has 1 aromatic carbocycles. The summed E-state index contributed by atoms with van der Waals surface area (Å²) in [5.74, 6) is 0.354. The van der Waals surface area contributed by atoms with Gasteiger partial charge in [-0.15, -0.1) is 4.40 Å². The highest BCUT2D eigenvalue weighted by atomic mass is 32.2. The van der Waals surface area contributed by atoms with Crippen molar-refractivity contribution in [2.24, 2.45) is 4.40 Å². The molecule has 1 aromatic rings. The van der Waals surface area contributed by atoms with Gasteiger partial charge < -0.3 is 24.4 Å². The number of hydrogen-bond acceptors (Lipinski definition) is 8. The zero-order valence-corrected chi connectivity index (χ0v) is 17.8. The molecule has 0 aliphatic carbocycles. The first kappa shape index (κ1) is 22.3. The third kappa shape index (κ3) is 6.57. The van der Waals surface area contributed by atoms with Crippen LogP contribution in [0.4, 0.5) is 0 Å². The smallest absolute Gasteiger partial charge is 0.340 e. The maximum atomic E-state index is 12.2. The van der Waals surface area contributed by atoms with Crippen molar-refractivity contribution in [3.05, 3.63) is 48.2 Å². The summed E-state index contributed by atoms with van der Waals surface area (Å²) in [5, 5.41) is 2.60. The summed E-state index contributed by atoms with van der Waals surface area (Å²) in [4.78, 5) is 25.6. The van der Waals surface area contributed by atoms with Gasteiger partial charge in [0.1, 0.15) is 23.9 Å². The Kier molecular flexibility index (Phi) is 7.29. The molecule has 31 heavy (non-hydrogen) atoms. The largest absolute Gasteiger partial charge is 0.494 e. The average Bonchev–Trinajstić information content (AvgIpc) is 2.75. The maximum absolute atomic E-state index is 12.2. The van der Waals surface area contributed by atoms with Gasteiger partial charge in [0.05, 0.1) is 24.5 Å². The number of rotatable bonds is 9. The van der Waals surface area contributed by atoms with Crippen LogP contribution in [0.1, 0.15) is 6.92 Å². The van der Waals surface area contributed by atoms with Crippen molar-refractivity contribution in [3.8, 4) is 11.5 Å². The highest BCUT2D eigenvalue weighted by Gasteiger charge is 2.25. The average molecular weight is 449 g/mol. The molecule has 1 N–H and O–H groups in total. The lowest BCUT2D eigenvalue weighted by atomic mass is 10.2. The summed E-state index contributed by atoms with van der Waals surface area (Å²) in [7, 11) is -3.46. The molecule has 3 rings (SSSR count). The number of nitrogens with zero attached hydrogens (tertiary/aromatic N) is 2. The molecule has 0 radical (unpaired) electrons. The van der Waals surface area contributed by atoms with E-state index in [1.807, 2.05) is 6.92 Å². The minimum absolute atomic E-state index is 0.135. The van der Waals surface area contributed by atoms with Crippen molar-refractivity contribution in [2.45, 2.75) is 6.92 Å². The van der Waals surface area contributed by atoms with E-state index < -0.39 is 28.5 Å². The highest BCUT2D eigenvalue weighted by molar-refractivity contribution is 7.90. The fourth-order valence-electron chi connectivity index (χ4n) is 2.75. The summed E-state index contributed by atoms with van der Waals surface area (Å²) in [5.41, 5.74) is 0.199. The Labute approximate surface area is 180 Å². The van der Waals surface area contributed by atoms with Gasteiger partial charge >= 0.3 is 5.97 Å². The number of ether oxygens (including phenoxy) is 3. The number of fused-ring (bicyclic) bond motifs is 1. The van der Waals surface area contributed by atoms with Crippen LogP contribution < -0.4 is 14.8 Å². The molecule has 0 unspecified atom stereocenters. The van der Waals surface area contributed by atoms with Gasteiger partial charge in [0, 0.05) is 12.7 Å². The van der Waals surface area contributed by atoms with Gasteiger partial charge in [-0.1, -0.05) is 0 Å². The van der Waals surface area contributed by atoms with E-state index in [4.69, 9.17) is 14.2 Å². The van der Waals surface area contributed by atoms with Gasteiger partial charge in [-0.3, -0.25) is 4.79 Å². The first-order valence-electron chi connectivity index (χ1n) is 9.65. The van der Waals surface area contributed by atoms with E-state index in [1.54, 1.807) is 29.2 Å². The molecular formula is C20H23N3O7S. The molecule has 0 fully saturated rings. The van der Waals surface area contributed by atoms with Crippen LogP contribution in [-0.4, -0.2) is 69.7 Å². The Morgan fingerprint density at radius 3 is 2.55 bits per heavy atom. The fraction of sp³-hybridized carbons (Fsp3) is 0.350. The van der Waals surface area contributed by atoms with E-state index in [0.29, 0.717) is 12.4 Å². The molecule has 0 aromatic heterocycles. The minimum Gasteiger partial charge on any atom is -0.494 e. The molecule has 2 heterocycles. The molecule has 2 aliphatic rings. The SMILES string of the molecule is CCOc1ccc(OCCNC(=O)COC(=O)C2=CN3CCS(=O)(=O)N=C3C=C2)cc1. The quantitative estimate of drug-likeness (QED) is 0.430. The van der Waals surface area contributed by atoms with Crippen LogP contribution in [0.5, 0.6) is 11.5 Å². The summed E-state index contributed by atoms with van der Waals surface area (Å²) in [6.07, 6.45) is 4.28. The van der Waals surface area contributed by atoms with Crippen LogP contribution in [0.15, 0.2) is 52.6 Å². The van der Waals surface area contributed by atoms with Gasteiger partial charge in [-0.05, 0) is 43.3 Å². The van der Waals surface area contributed by atoms with Crippen LogP contribution in [0.25, 0.3) is 0 Å². The van der Waals surface area contributed by atoms with Crippen molar-refractivity contribution in [2.75, 3.05) is 38.7 Å². The van der Waals surface area contributed by atoms with Crippen molar-refractivity contribution in [1.82, 2.24) is 10.2 Å². The van der Waals surface area contributed by atoms with E-state index in [1.165, 1.54) is 18.4 Å². The minimum atomic E-state index is -3.46. The zero-order valence-electron chi connectivity index (χ0n) is 16.9. The number of carbonyl (C=O) groups is 2. The second-order valence-corrected chi connectivity index (χ2v) is 8.28. The summed E-state index contributed by atoms with van der Waals surface area (Å²) in [6, 6.07) is 7.13. The van der Waals surface area contributed by atoms with Crippen molar-refractivity contribution in [3.63, 3.8) is 0 Å². The Morgan fingerprint density at radius 1 is 1.13 bits per heavy atom. The van der Waals surface area contributed by atoms with Crippen LogP contribution in [-0.2, 0) is 24.3 Å². The lowest BCUT2D eigenvalue weighted by molar-refractivity contribution is -0.144. The normalized spacial score (nSPS) is 16.5. The topological polar surface area (TPSA) is 124 Å². The van der Waals surface area contributed by atoms with E-state index in [0.717, 1.165) is 5.75 Å². The number of benzene rings is 1. The second kappa shape index (κ2) is 10.1. The number of amides is 1. The van der Waals surface area contributed by atoms with Gasteiger partial charge in [0.2, 0.25) is 0 Å². The van der Waals surface area contributed by atoms with Gasteiger partial charge in [-0.25, -0.2) is 13.2 Å². The number of carbonyl (C=O) groups excluding carboxylic acids is 2. The molecule has 2 aliphatic heterocycles. The molecule has 0 atom stereocenters. The predicted molar refractivity (Wildman–Crippen MR) is 112 cm³/mol. The Balaban J connectivity index is 1.36. The first-order valence-corrected chi connectivity index (χ1v) is 11.3. The molecule has 0 saturated heterocycles. The molecule has 166 valence electrons. The van der Waals surface area contributed by atoms with Crippen molar-refractivity contribution < 1.29 is 32.2 Å². The van der Waals surface area contributed by atoms with E-state index >= 15 is 0 Å². The zero-order chi connectivity index (χ0) is 22.3. The Hall–Kier alpha value is -3.34. The summed E-state index contributed by atoms with van der Waals surface area (Å²) in [6.45, 7) is 2.73. The highest BCUT2D eigenvalue weighted by Crippen LogP contribution is 2.18. The van der Waals surface area contributed by atoms with Crippen LogP contribution in [0.3, 0.4) is 0 Å². The second-order valence-electron chi connectivity index (χ2n) is 6.53. The standard InChI is InChI=1S/C20H23N3O7S/c1-2-28-16-4-6-17(7-5-16)29-11-9-21-19(24)14-30-20(25)15-3-8-18-22-31(26,27)12-10-23(18)13-15/h3-8,13H,2,9-12,14H2,1H3,(H,21,24). The monoisotopic (exact) mass is 449 g/mol. The van der Waals surface area contributed by atoms with Gasteiger partial charge in [0.25, 0.3) is 15.9 Å². The van der Waals surface area contributed by atoms with Crippen molar-refractivity contribution >= 4 is 27.7 Å².